The van der Waals surface area contributed by atoms with E-state index in [1.165, 1.54) is 0 Å². The van der Waals surface area contributed by atoms with E-state index in [-0.39, 0.29) is 12.5 Å². The molecule has 1 aromatic heterocycles. The number of hydrogen-bond donors (Lipinski definition) is 2. The first-order chi connectivity index (χ1) is 9.16. The molecule has 2 rings (SSSR count). The van der Waals surface area contributed by atoms with Crippen LogP contribution in [0.2, 0.25) is 5.02 Å². The van der Waals surface area contributed by atoms with Crippen LogP contribution in [-0.2, 0) is 11.3 Å². The van der Waals surface area contributed by atoms with E-state index in [4.69, 9.17) is 17.3 Å². The molecule has 0 bridgehead atoms. The van der Waals surface area contributed by atoms with Crippen LogP contribution in [0.5, 0.6) is 0 Å². The topological polar surface area (TPSA) is 71.2 Å². The first-order valence-corrected chi connectivity index (χ1v) is 6.86. The zero-order valence-corrected chi connectivity index (χ0v) is 11.6. The monoisotopic (exact) mass is 282 g/mol. The minimum Gasteiger partial charge on any atom is -0.369 e. The number of nitrogens with one attached hydrogen (secondary N) is 1. The van der Waals surface area contributed by atoms with E-state index in [9.17, 15) is 4.79 Å². The number of carbonyl (C=O) groups excluding carboxylic acids is 1. The quantitative estimate of drug-likeness (QED) is 0.837. The molecule has 5 nitrogen and oxygen atoms in total. The highest BCUT2D eigenvalue weighted by Crippen LogP contribution is 2.19. The van der Waals surface area contributed by atoms with Gasteiger partial charge in [0, 0.05) is 25.0 Å². The molecule has 0 aromatic carbocycles. The lowest BCUT2D eigenvalue weighted by molar-refractivity contribution is -0.120. The second-order valence-electron chi connectivity index (χ2n) is 4.82. The van der Waals surface area contributed by atoms with Crippen molar-refractivity contribution >= 4 is 17.5 Å². The molecule has 19 heavy (non-hydrogen) atoms. The van der Waals surface area contributed by atoms with Crippen molar-refractivity contribution in [2.24, 2.45) is 5.73 Å². The van der Waals surface area contributed by atoms with E-state index in [2.05, 4.69) is 15.2 Å². The van der Waals surface area contributed by atoms with Gasteiger partial charge in [0.25, 0.3) is 0 Å². The number of halogens is 1. The molecule has 0 unspecified atom stereocenters. The fraction of sp³-hybridized carbons (Fsp3) is 0.538. The number of amides is 1. The van der Waals surface area contributed by atoms with E-state index in [0.29, 0.717) is 17.6 Å². The molecule has 0 radical (unpaired) electrons. The molecule has 1 aliphatic rings. The number of rotatable bonds is 5. The normalized spacial score (nSPS) is 16.7. The van der Waals surface area contributed by atoms with Crippen molar-refractivity contribution in [1.82, 2.24) is 15.2 Å². The number of nitrogens with zero attached hydrogens (tertiary/aromatic N) is 2. The highest BCUT2D eigenvalue weighted by atomic mass is 35.5. The van der Waals surface area contributed by atoms with E-state index >= 15 is 0 Å². The Kier molecular flexibility index (Phi) is 5.13. The Bertz CT molecular complexity index is 434. The zero-order valence-electron chi connectivity index (χ0n) is 10.8. The van der Waals surface area contributed by atoms with Crippen LogP contribution in [-0.4, -0.2) is 41.5 Å². The maximum atomic E-state index is 11.2. The zero-order chi connectivity index (χ0) is 13.7. The van der Waals surface area contributed by atoms with Gasteiger partial charge in [0.15, 0.2) is 0 Å². The fourth-order valence-corrected chi connectivity index (χ4v) is 2.62. The number of nitrogens with two attached hydrogens (primary N) is 1. The molecule has 2 heterocycles. The van der Waals surface area contributed by atoms with Crippen LogP contribution in [0.1, 0.15) is 18.4 Å². The van der Waals surface area contributed by atoms with Gasteiger partial charge >= 0.3 is 0 Å². The smallest absolute Gasteiger partial charge is 0.231 e. The predicted octanol–water partition coefficient (Wildman–Crippen LogP) is 0.774. The van der Waals surface area contributed by atoms with Crippen LogP contribution < -0.4 is 11.1 Å². The van der Waals surface area contributed by atoms with Gasteiger partial charge in [-0.15, -0.1) is 0 Å². The number of hydrogen-bond acceptors (Lipinski definition) is 4. The summed E-state index contributed by atoms with van der Waals surface area (Å²) in [5, 5.41) is 3.95. The maximum Gasteiger partial charge on any atom is 0.231 e. The van der Waals surface area contributed by atoms with Crippen LogP contribution in [0, 0.1) is 0 Å². The first-order valence-electron chi connectivity index (χ1n) is 6.48. The summed E-state index contributed by atoms with van der Waals surface area (Å²) in [7, 11) is 0. The van der Waals surface area contributed by atoms with E-state index in [0.717, 1.165) is 31.5 Å². The maximum absolute atomic E-state index is 11.2. The lowest BCUT2D eigenvalue weighted by Crippen LogP contribution is -2.46. The summed E-state index contributed by atoms with van der Waals surface area (Å²) in [6.45, 7) is 2.85. The molecule has 104 valence electrons. The van der Waals surface area contributed by atoms with Gasteiger partial charge in [-0.25, -0.2) is 0 Å². The van der Waals surface area contributed by atoms with Crippen LogP contribution in [0.4, 0.5) is 0 Å². The number of aromatic nitrogens is 1. The van der Waals surface area contributed by atoms with Gasteiger partial charge < -0.3 is 11.1 Å². The van der Waals surface area contributed by atoms with Gasteiger partial charge in [-0.05, 0) is 37.6 Å². The summed E-state index contributed by atoms with van der Waals surface area (Å²) >= 11 is 6.13. The van der Waals surface area contributed by atoms with Crippen LogP contribution >= 0.6 is 11.6 Å². The van der Waals surface area contributed by atoms with Crippen molar-refractivity contribution in [3.05, 3.63) is 29.0 Å². The molecule has 6 heteroatoms. The van der Waals surface area contributed by atoms with Crippen molar-refractivity contribution in [3.63, 3.8) is 0 Å². The SMILES string of the molecule is NC(=O)CN(Cc1ccncc1Cl)C1CCNCC1. The summed E-state index contributed by atoms with van der Waals surface area (Å²) in [6.07, 6.45) is 5.39. The Morgan fingerprint density at radius 1 is 1.53 bits per heavy atom. The minimum atomic E-state index is -0.302. The Morgan fingerprint density at radius 2 is 2.26 bits per heavy atom. The van der Waals surface area contributed by atoms with Crippen molar-refractivity contribution in [2.45, 2.75) is 25.4 Å². The molecule has 0 saturated carbocycles. The third-order valence-corrected chi connectivity index (χ3v) is 3.75. The summed E-state index contributed by atoms with van der Waals surface area (Å²) in [6, 6.07) is 2.26. The molecule has 0 atom stereocenters. The van der Waals surface area contributed by atoms with Gasteiger partial charge in [-0.2, -0.15) is 0 Å². The Labute approximate surface area is 118 Å². The number of pyridine rings is 1. The summed E-state index contributed by atoms with van der Waals surface area (Å²) in [4.78, 5) is 17.3. The lowest BCUT2D eigenvalue weighted by Gasteiger charge is -2.34. The van der Waals surface area contributed by atoms with Crippen LogP contribution in [0.15, 0.2) is 18.5 Å². The Balaban J connectivity index is 2.08. The largest absolute Gasteiger partial charge is 0.369 e. The third-order valence-electron chi connectivity index (χ3n) is 3.41. The first kappa shape index (κ1) is 14.2. The van der Waals surface area contributed by atoms with Crippen LogP contribution in [0.3, 0.4) is 0 Å². The van der Waals surface area contributed by atoms with Crippen molar-refractivity contribution in [1.29, 1.82) is 0 Å². The van der Waals surface area contributed by atoms with Crippen molar-refractivity contribution in [2.75, 3.05) is 19.6 Å². The summed E-state index contributed by atoms with van der Waals surface area (Å²) in [5.74, 6) is -0.302. The standard InChI is InChI=1S/C13H19ClN4O/c14-12-7-17-4-1-10(12)8-18(9-13(15)19)11-2-5-16-6-3-11/h1,4,7,11,16H,2-3,5-6,8-9H2,(H2,15,19). The number of piperidine rings is 1. The molecular weight excluding hydrogens is 264 g/mol. The third kappa shape index (κ3) is 4.16. The lowest BCUT2D eigenvalue weighted by atomic mass is 10.0. The van der Waals surface area contributed by atoms with E-state index in [1.54, 1.807) is 12.4 Å². The number of carbonyl (C=O) groups is 1. The van der Waals surface area contributed by atoms with Crippen molar-refractivity contribution in [3.8, 4) is 0 Å². The summed E-state index contributed by atoms with van der Waals surface area (Å²) < 4.78 is 0. The second-order valence-corrected chi connectivity index (χ2v) is 5.23. The average Bonchev–Trinajstić information content (AvgIpc) is 2.41. The van der Waals surface area contributed by atoms with Gasteiger partial charge in [0.2, 0.25) is 5.91 Å². The molecule has 1 aromatic rings. The van der Waals surface area contributed by atoms with Crippen molar-refractivity contribution < 1.29 is 4.79 Å². The molecule has 1 aliphatic heterocycles. The molecule has 0 spiro atoms. The van der Waals surface area contributed by atoms with Gasteiger partial charge in [-0.1, -0.05) is 11.6 Å². The Hall–Kier alpha value is -1.17. The second kappa shape index (κ2) is 6.84. The predicted molar refractivity (Wildman–Crippen MR) is 74.7 cm³/mol. The van der Waals surface area contributed by atoms with Gasteiger partial charge in [0.05, 0.1) is 11.6 Å². The highest BCUT2D eigenvalue weighted by molar-refractivity contribution is 6.31. The molecule has 1 amide bonds. The van der Waals surface area contributed by atoms with Crippen LogP contribution in [0.25, 0.3) is 0 Å². The average molecular weight is 283 g/mol. The van der Waals surface area contributed by atoms with E-state index < -0.39 is 0 Å². The summed E-state index contributed by atoms with van der Waals surface area (Å²) in [5.41, 5.74) is 6.33. The fourth-order valence-electron chi connectivity index (χ4n) is 2.44. The minimum absolute atomic E-state index is 0.267. The molecule has 1 saturated heterocycles. The molecular formula is C13H19ClN4O. The van der Waals surface area contributed by atoms with E-state index in [1.807, 2.05) is 6.07 Å². The van der Waals surface area contributed by atoms with Gasteiger partial charge in [-0.3, -0.25) is 14.7 Å². The molecule has 1 fully saturated rings. The molecule has 0 aliphatic carbocycles. The Morgan fingerprint density at radius 3 is 2.89 bits per heavy atom. The van der Waals surface area contributed by atoms with Gasteiger partial charge in [0.1, 0.15) is 0 Å². The molecule has 3 N–H and O–H groups in total. The number of primary amides is 1. The highest BCUT2D eigenvalue weighted by Gasteiger charge is 2.22.